The molecule has 120 valence electrons. The third kappa shape index (κ3) is 25.6. The summed E-state index contributed by atoms with van der Waals surface area (Å²) in [6.07, 6.45) is 7.26. The molecule has 0 aromatic rings. The number of aliphatic hydroxyl groups is 2. The van der Waals surface area contributed by atoms with E-state index in [-0.39, 0.29) is 26.1 Å². The van der Waals surface area contributed by atoms with E-state index in [0.29, 0.717) is 0 Å². The topological polar surface area (TPSA) is 115 Å². The summed E-state index contributed by atoms with van der Waals surface area (Å²) in [6, 6.07) is 0. The fourth-order valence-electron chi connectivity index (χ4n) is 1.48. The first-order valence-electron chi connectivity index (χ1n) is 7.20. The Hall–Kier alpha value is -1.14. The van der Waals surface area contributed by atoms with E-state index in [1.165, 1.54) is 0 Å². The molecule has 6 heteroatoms. The fraction of sp³-hybridized carbons (Fsp3) is 0.857. The summed E-state index contributed by atoms with van der Waals surface area (Å²) in [5.74, 6) is -1.48. The first-order valence-corrected chi connectivity index (χ1v) is 7.20. The van der Waals surface area contributed by atoms with E-state index in [9.17, 15) is 9.59 Å². The first-order chi connectivity index (χ1) is 9.54. The minimum atomic E-state index is -0.740. The molecule has 0 fully saturated rings. The van der Waals surface area contributed by atoms with Crippen molar-refractivity contribution in [3.05, 3.63) is 0 Å². The van der Waals surface area contributed by atoms with Crippen molar-refractivity contribution in [2.45, 2.75) is 64.2 Å². The second kappa shape index (κ2) is 17.9. The molecule has 0 rings (SSSR count). The molecular weight excluding hydrogens is 264 g/mol. The quantitative estimate of drug-likeness (QED) is 0.409. The number of unbranched alkanes of at least 4 members (excludes halogenated alkanes) is 6. The molecular formula is C14H28O6. The van der Waals surface area contributed by atoms with Gasteiger partial charge in [0.2, 0.25) is 0 Å². The van der Waals surface area contributed by atoms with Crippen molar-refractivity contribution in [1.82, 2.24) is 0 Å². The van der Waals surface area contributed by atoms with Gasteiger partial charge in [-0.1, -0.05) is 25.7 Å². The number of aliphatic hydroxyl groups excluding tert-OH is 2. The largest absolute Gasteiger partial charge is 0.481 e. The van der Waals surface area contributed by atoms with E-state index in [1.807, 2.05) is 0 Å². The molecule has 0 saturated carbocycles. The summed E-state index contributed by atoms with van der Waals surface area (Å²) in [5, 5.41) is 32.9. The molecule has 0 aliphatic heterocycles. The Labute approximate surface area is 120 Å². The molecule has 20 heavy (non-hydrogen) atoms. The van der Waals surface area contributed by atoms with Crippen molar-refractivity contribution in [1.29, 1.82) is 0 Å². The Morgan fingerprint density at radius 1 is 0.550 bits per heavy atom. The van der Waals surface area contributed by atoms with Gasteiger partial charge in [0.1, 0.15) is 0 Å². The maximum atomic E-state index is 10.1. The third-order valence-electron chi connectivity index (χ3n) is 2.60. The van der Waals surface area contributed by atoms with Crippen LogP contribution in [0.25, 0.3) is 0 Å². The summed E-state index contributed by atoms with van der Waals surface area (Å²) in [5.41, 5.74) is 0. The predicted molar refractivity (Wildman–Crippen MR) is 75.6 cm³/mol. The molecule has 0 spiro atoms. The maximum absolute atomic E-state index is 10.1. The van der Waals surface area contributed by atoms with Gasteiger partial charge in [-0.15, -0.1) is 0 Å². The van der Waals surface area contributed by atoms with Gasteiger partial charge in [-0.25, -0.2) is 0 Å². The second-order valence-electron chi connectivity index (χ2n) is 4.56. The highest BCUT2D eigenvalue weighted by atomic mass is 16.4. The molecule has 0 aromatic carbocycles. The molecule has 0 heterocycles. The molecule has 0 unspecified atom stereocenters. The maximum Gasteiger partial charge on any atom is 0.303 e. The van der Waals surface area contributed by atoms with Crippen molar-refractivity contribution in [3.8, 4) is 0 Å². The molecule has 0 aliphatic carbocycles. The first kappa shape index (κ1) is 21.2. The number of rotatable bonds is 12. The number of carboxylic acid groups (broad SMARTS) is 2. The Balaban J connectivity index is 0. The van der Waals surface area contributed by atoms with Gasteiger partial charge >= 0.3 is 11.9 Å². The van der Waals surface area contributed by atoms with E-state index in [4.69, 9.17) is 20.4 Å². The summed E-state index contributed by atoms with van der Waals surface area (Å²) in [4.78, 5) is 20.3. The van der Waals surface area contributed by atoms with Crippen LogP contribution in [0.1, 0.15) is 64.2 Å². The van der Waals surface area contributed by atoms with Gasteiger partial charge in [-0.05, 0) is 25.7 Å². The van der Waals surface area contributed by atoms with E-state index < -0.39 is 11.9 Å². The fourth-order valence-corrected chi connectivity index (χ4v) is 1.48. The molecule has 0 aromatic heterocycles. The van der Waals surface area contributed by atoms with Crippen LogP contribution in [0.15, 0.2) is 0 Å². The zero-order valence-corrected chi connectivity index (χ0v) is 12.1. The smallest absolute Gasteiger partial charge is 0.303 e. The lowest BCUT2D eigenvalue weighted by molar-refractivity contribution is -0.138. The zero-order valence-electron chi connectivity index (χ0n) is 12.1. The molecule has 0 atom stereocenters. The van der Waals surface area contributed by atoms with Crippen LogP contribution < -0.4 is 0 Å². The average molecular weight is 292 g/mol. The van der Waals surface area contributed by atoms with Gasteiger partial charge in [-0.3, -0.25) is 9.59 Å². The van der Waals surface area contributed by atoms with E-state index in [2.05, 4.69) is 0 Å². The van der Waals surface area contributed by atoms with Crippen molar-refractivity contribution in [2.75, 3.05) is 13.2 Å². The molecule has 4 N–H and O–H groups in total. The highest BCUT2D eigenvalue weighted by Crippen LogP contribution is 2.08. The third-order valence-corrected chi connectivity index (χ3v) is 2.60. The van der Waals surface area contributed by atoms with Crippen LogP contribution in [-0.4, -0.2) is 45.6 Å². The minimum Gasteiger partial charge on any atom is -0.481 e. The van der Waals surface area contributed by atoms with E-state index in [1.54, 1.807) is 0 Å². The van der Waals surface area contributed by atoms with Gasteiger partial charge in [0.15, 0.2) is 0 Å². The number of carboxylic acids is 2. The summed E-state index contributed by atoms with van der Waals surface area (Å²) < 4.78 is 0. The van der Waals surface area contributed by atoms with Crippen molar-refractivity contribution in [2.24, 2.45) is 0 Å². The van der Waals surface area contributed by atoms with Gasteiger partial charge in [0.05, 0.1) is 0 Å². The van der Waals surface area contributed by atoms with Gasteiger partial charge < -0.3 is 20.4 Å². The lowest BCUT2D eigenvalue weighted by atomic mass is 10.1. The van der Waals surface area contributed by atoms with Gasteiger partial charge in [0, 0.05) is 26.1 Å². The number of carbonyl (C=O) groups is 2. The monoisotopic (exact) mass is 292 g/mol. The Kier molecular flexibility index (Phi) is 18.9. The van der Waals surface area contributed by atoms with Gasteiger partial charge in [-0.2, -0.15) is 0 Å². The van der Waals surface area contributed by atoms with E-state index >= 15 is 0 Å². The van der Waals surface area contributed by atoms with Crippen LogP contribution in [0.4, 0.5) is 0 Å². The average Bonchev–Trinajstić information content (AvgIpc) is 2.39. The summed E-state index contributed by atoms with van der Waals surface area (Å²) >= 11 is 0. The highest BCUT2D eigenvalue weighted by Gasteiger charge is 1.98. The number of hydrogen-bond acceptors (Lipinski definition) is 4. The predicted octanol–water partition coefficient (Wildman–Crippen LogP) is 2.03. The molecule has 0 bridgehead atoms. The Bertz CT molecular complexity index is 206. The van der Waals surface area contributed by atoms with E-state index in [0.717, 1.165) is 51.4 Å². The van der Waals surface area contributed by atoms with Crippen molar-refractivity contribution in [3.63, 3.8) is 0 Å². The molecule has 0 aliphatic rings. The van der Waals surface area contributed by atoms with Crippen LogP contribution >= 0.6 is 0 Å². The van der Waals surface area contributed by atoms with Crippen LogP contribution in [0.3, 0.4) is 0 Å². The highest BCUT2D eigenvalue weighted by molar-refractivity contribution is 5.66. The Morgan fingerprint density at radius 2 is 0.850 bits per heavy atom. The Morgan fingerprint density at radius 3 is 1.10 bits per heavy atom. The van der Waals surface area contributed by atoms with Crippen LogP contribution in [0, 0.1) is 0 Å². The van der Waals surface area contributed by atoms with Crippen molar-refractivity contribution < 1.29 is 30.0 Å². The van der Waals surface area contributed by atoms with Crippen LogP contribution in [0.5, 0.6) is 0 Å². The zero-order chi connectivity index (χ0) is 15.6. The lowest BCUT2D eigenvalue weighted by Crippen LogP contribution is -1.94. The minimum absolute atomic E-state index is 0.195. The van der Waals surface area contributed by atoms with Crippen LogP contribution in [0.2, 0.25) is 0 Å². The molecule has 0 saturated heterocycles. The normalized spacial score (nSPS) is 9.70. The lowest BCUT2D eigenvalue weighted by Gasteiger charge is -1.98. The summed E-state index contributed by atoms with van der Waals surface area (Å²) in [7, 11) is 0. The number of hydrogen-bond donors (Lipinski definition) is 4. The summed E-state index contributed by atoms with van der Waals surface area (Å²) in [6.45, 7) is 0.390. The van der Waals surface area contributed by atoms with Gasteiger partial charge in [0.25, 0.3) is 0 Å². The molecule has 0 amide bonds. The van der Waals surface area contributed by atoms with Crippen LogP contribution in [-0.2, 0) is 9.59 Å². The molecule has 6 nitrogen and oxygen atoms in total. The SMILES string of the molecule is O=C(O)CCCCCCCCC(=O)O.OCCCCO. The standard InChI is InChI=1S/C10H18O4.C4H10O2/c11-9(12)7-5-3-1-2-4-6-8-10(13)14;5-3-1-2-4-6/h1-8H2,(H,11,12)(H,13,14);5-6H,1-4H2. The number of aliphatic carboxylic acids is 2. The molecule has 0 radical (unpaired) electrons. The van der Waals surface area contributed by atoms with Crippen molar-refractivity contribution >= 4 is 11.9 Å². The second-order valence-corrected chi connectivity index (χ2v) is 4.56.